The lowest BCUT2D eigenvalue weighted by molar-refractivity contribution is 0.0698. The number of terminal acetylenes is 1. The van der Waals surface area contributed by atoms with E-state index in [1.807, 2.05) is 13.0 Å². The highest BCUT2D eigenvalue weighted by molar-refractivity contribution is 5.95. The molecule has 3 heteroatoms. The van der Waals surface area contributed by atoms with Gasteiger partial charge in [0.05, 0.1) is 17.3 Å². The lowest BCUT2D eigenvalue weighted by Crippen LogP contribution is -2.16. The molecule has 15 heavy (non-hydrogen) atoms. The van der Waals surface area contributed by atoms with E-state index in [9.17, 15) is 4.79 Å². The van der Waals surface area contributed by atoms with Crippen molar-refractivity contribution in [2.45, 2.75) is 19.9 Å². The number of rotatable bonds is 3. The van der Waals surface area contributed by atoms with Crippen molar-refractivity contribution in [1.29, 1.82) is 0 Å². The van der Waals surface area contributed by atoms with Gasteiger partial charge in [-0.1, -0.05) is 18.1 Å². The maximum atomic E-state index is 11.0. The van der Waals surface area contributed by atoms with Crippen molar-refractivity contribution in [2.24, 2.45) is 0 Å². The number of carboxylic acid groups (broad SMARTS) is 1. The molecule has 0 saturated heterocycles. The molecule has 1 atom stereocenters. The van der Waals surface area contributed by atoms with Crippen molar-refractivity contribution in [1.82, 2.24) is 0 Å². The van der Waals surface area contributed by atoms with Crippen molar-refractivity contribution < 1.29 is 9.90 Å². The zero-order valence-electron chi connectivity index (χ0n) is 8.74. The summed E-state index contributed by atoms with van der Waals surface area (Å²) in [5.41, 5.74) is 1.71. The van der Waals surface area contributed by atoms with Crippen LogP contribution in [0.4, 0.5) is 5.69 Å². The number of para-hydroxylation sites is 1. The van der Waals surface area contributed by atoms with E-state index in [-0.39, 0.29) is 11.6 Å². The van der Waals surface area contributed by atoms with Gasteiger partial charge in [0.25, 0.3) is 0 Å². The molecule has 0 amide bonds. The van der Waals surface area contributed by atoms with Gasteiger partial charge in [0.1, 0.15) is 0 Å². The monoisotopic (exact) mass is 203 g/mol. The molecular weight excluding hydrogens is 190 g/mol. The third kappa shape index (κ3) is 2.50. The molecule has 0 aromatic heterocycles. The molecule has 0 aliphatic heterocycles. The van der Waals surface area contributed by atoms with Gasteiger partial charge in [0.2, 0.25) is 0 Å². The molecule has 0 aliphatic carbocycles. The summed E-state index contributed by atoms with van der Waals surface area (Å²) in [5, 5.41) is 12.0. The van der Waals surface area contributed by atoms with E-state index in [1.165, 1.54) is 0 Å². The van der Waals surface area contributed by atoms with Gasteiger partial charge in [0.15, 0.2) is 0 Å². The van der Waals surface area contributed by atoms with Crippen LogP contribution in [0.1, 0.15) is 22.8 Å². The van der Waals surface area contributed by atoms with E-state index in [1.54, 1.807) is 19.1 Å². The Bertz CT molecular complexity index is 418. The summed E-state index contributed by atoms with van der Waals surface area (Å²) < 4.78 is 0. The first-order valence-electron chi connectivity index (χ1n) is 4.62. The zero-order valence-corrected chi connectivity index (χ0v) is 8.74. The van der Waals surface area contributed by atoms with Gasteiger partial charge in [0, 0.05) is 0 Å². The molecule has 0 aliphatic rings. The van der Waals surface area contributed by atoms with Crippen LogP contribution < -0.4 is 5.32 Å². The van der Waals surface area contributed by atoms with Gasteiger partial charge in [-0.05, 0) is 25.5 Å². The maximum Gasteiger partial charge on any atom is 0.337 e. The van der Waals surface area contributed by atoms with Crippen molar-refractivity contribution in [3.63, 3.8) is 0 Å². The lowest BCUT2D eigenvalue weighted by atomic mass is 10.1. The number of benzene rings is 1. The van der Waals surface area contributed by atoms with Crippen LogP contribution in [0.15, 0.2) is 18.2 Å². The number of anilines is 1. The highest BCUT2D eigenvalue weighted by atomic mass is 16.4. The van der Waals surface area contributed by atoms with Crippen LogP contribution in [0.3, 0.4) is 0 Å². The summed E-state index contributed by atoms with van der Waals surface area (Å²) in [7, 11) is 0. The van der Waals surface area contributed by atoms with Crippen LogP contribution in [0.5, 0.6) is 0 Å². The third-order valence-electron chi connectivity index (χ3n) is 2.11. The first-order chi connectivity index (χ1) is 7.06. The smallest absolute Gasteiger partial charge is 0.337 e. The Morgan fingerprint density at radius 2 is 2.27 bits per heavy atom. The summed E-state index contributed by atoms with van der Waals surface area (Å²) in [6, 6.07) is 4.92. The zero-order chi connectivity index (χ0) is 11.4. The van der Waals surface area contributed by atoms with Crippen LogP contribution in [0.25, 0.3) is 0 Å². The van der Waals surface area contributed by atoms with Crippen LogP contribution in [0, 0.1) is 19.3 Å². The topological polar surface area (TPSA) is 49.3 Å². The van der Waals surface area contributed by atoms with Crippen LogP contribution >= 0.6 is 0 Å². The predicted octanol–water partition coefficient (Wildman–Crippen LogP) is 2.13. The number of carbonyl (C=O) groups is 1. The summed E-state index contributed by atoms with van der Waals surface area (Å²) in [5.74, 6) is 1.55. The molecule has 1 rings (SSSR count). The molecule has 2 N–H and O–H groups in total. The highest BCUT2D eigenvalue weighted by Gasteiger charge is 2.12. The van der Waals surface area contributed by atoms with Crippen molar-refractivity contribution in [3.8, 4) is 12.3 Å². The van der Waals surface area contributed by atoms with E-state index < -0.39 is 5.97 Å². The average Bonchev–Trinajstić information content (AvgIpc) is 2.20. The molecule has 0 fully saturated rings. The fourth-order valence-corrected chi connectivity index (χ4v) is 1.30. The first kappa shape index (κ1) is 11.1. The average molecular weight is 203 g/mol. The Kier molecular flexibility index (Phi) is 3.35. The Morgan fingerprint density at radius 1 is 1.60 bits per heavy atom. The molecule has 1 aromatic rings. The fourth-order valence-electron chi connectivity index (χ4n) is 1.30. The molecule has 0 radical (unpaired) electrons. The quantitative estimate of drug-likeness (QED) is 0.740. The number of hydrogen-bond donors (Lipinski definition) is 2. The Morgan fingerprint density at radius 3 is 2.80 bits per heavy atom. The highest BCUT2D eigenvalue weighted by Crippen LogP contribution is 2.21. The lowest BCUT2D eigenvalue weighted by Gasteiger charge is -2.14. The van der Waals surface area contributed by atoms with Gasteiger partial charge in [-0.2, -0.15) is 0 Å². The molecular formula is C12H13NO2. The third-order valence-corrected chi connectivity index (χ3v) is 2.11. The number of nitrogens with one attached hydrogen (secondary N) is 1. The Labute approximate surface area is 89.1 Å². The van der Waals surface area contributed by atoms with E-state index in [0.717, 1.165) is 5.56 Å². The predicted molar refractivity (Wildman–Crippen MR) is 60.1 cm³/mol. The number of aromatic carboxylic acids is 1. The van der Waals surface area contributed by atoms with Crippen LogP contribution in [0.2, 0.25) is 0 Å². The minimum atomic E-state index is -0.953. The standard InChI is InChI=1S/C12H13NO2/c1-4-9(3)13-11-8(2)6-5-7-10(11)12(14)15/h1,5-7,9,13H,2-3H3,(H,14,15). The van der Waals surface area contributed by atoms with Gasteiger partial charge < -0.3 is 10.4 Å². The largest absolute Gasteiger partial charge is 0.478 e. The molecule has 78 valence electrons. The van der Waals surface area contributed by atoms with E-state index in [2.05, 4.69) is 11.2 Å². The van der Waals surface area contributed by atoms with Gasteiger partial charge in [-0.3, -0.25) is 0 Å². The van der Waals surface area contributed by atoms with Crippen LogP contribution in [-0.4, -0.2) is 17.1 Å². The SMILES string of the molecule is C#CC(C)Nc1c(C)cccc1C(=O)O. The van der Waals surface area contributed by atoms with E-state index in [4.69, 9.17) is 11.5 Å². The van der Waals surface area contributed by atoms with Gasteiger partial charge in [-0.25, -0.2) is 4.79 Å². The molecule has 0 heterocycles. The van der Waals surface area contributed by atoms with Crippen LogP contribution in [-0.2, 0) is 0 Å². The van der Waals surface area contributed by atoms with Crippen molar-refractivity contribution in [3.05, 3.63) is 29.3 Å². The molecule has 1 unspecified atom stereocenters. The summed E-state index contributed by atoms with van der Waals surface area (Å²) in [6.07, 6.45) is 5.24. The minimum Gasteiger partial charge on any atom is -0.478 e. The number of aryl methyl sites for hydroxylation is 1. The normalized spacial score (nSPS) is 11.5. The van der Waals surface area contributed by atoms with Gasteiger partial charge in [-0.15, -0.1) is 6.42 Å². The molecule has 1 aromatic carbocycles. The maximum absolute atomic E-state index is 11.0. The molecule has 3 nitrogen and oxygen atoms in total. The van der Waals surface area contributed by atoms with Crippen molar-refractivity contribution >= 4 is 11.7 Å². The summed E-state index contributed by atoms with van der Waals surface area (Å²) >= 11 is 0. The molecule has 0 spiro atoms. The number of hydrogen-bond acceptors (Lipinski definition) is 2. The Balaban J connectivity index is 3.14. The van der Waals surface area contributed by atoms with E-state index in [0.29, 0.717) is 5.69 Å². The second kappa shape index (κ2) is 4.52. The molecule has 0 saturated carbocycles. The molecule has 0 bridgehead atoms. The first-order valence-corrected chi connectivity index (χ1v) is 4.62. The summed E-state index contributed by atoms with van der Waals surface area (Å²) in [6.45, 7) is 3.65. The Hall–Kier alpha value is -1.95. The minimum absolute atomic E-state index is 0.191. The second-order valence-corrected chi connectivity index (χ2v) is 3.34. The van der Waals surface area contributed by atoms with Gasteiger partial charge >= 0.3 is 5.97 Å². The summed E-state index contributed by atoms with van der Waals surface area (Å²) in [4.78, 5) is 11.0. The van der Waals surface area contributed by atoms with Crippen molar-refractivity contribution in [2.75, 3.05) is 5.32 Å². The fraction of sp³-hybridized carbons (Fsp3) is 0.250. The van der Waals surface area contributed by atoms with E-state index >= 15 is 0 Å². The second-order valence-electron chi connectivity index (χ2n) is 3.34. The number of carboxylic acids is 1.